The standard InChI is InChI=1S/C24H26BrNO4/c1-14(27)21-20(26-18-9-11-19(30-4)12-10-18)13-24(3,29)23(15(2)28)22(21)16-5-7-17(25)8-6-16/h5-12,22-23,26,29H,13H2,1-4H3. The van der Waals surface area contributed by atoms with Crippen LogP contribution >= 0.6 is 15.9 Å². The van der Waals surface area contributed by atoms with Gasteiger partial charge in [-0.3, -0.25) is 9.59 Å². The van der Waals surface area contributed by atoms with Crippen LogP contribution in [0, 0.1) is 5.92 Å². The van der Waals surface area contributed by atoms with E-state index in [1.165, 1.54) is 13.8 Å². The van der Waals surface area contributed by atoms with Gasteiger partial charge in [-0.25, -0.2) is 0 Å². The summed E-state index contributed by atoms with van der Waals surface area (Å²) in [5, 5.41) is 14.6. The highest BCUT2D eigenvalue weighted by Gasteiger charge is 2.49. The fraction of sp³-hybridized carbons (Fsp3) is 0.333. The highest BCUT2D eigenvalue weighted by Crippen LogP contribution is 2.47. The molecule has 3 rings (SSSR count). The summed E-state index contributed by atoms with van der Waals surface area (Å²) in [5.41, 5.74) is 1.44. The molecule has 3 atom stereocenters. The number of hydrogen-bond donors (Lipinski definition) is 2. The third-order valence-corrected chi connectivity index (χ3v) is 6.13. The van der Waals surface area contributed by atoms with Crippen LogP contribution in [0.3, 0.4) is 0 Å². The van der Waals surface area contributed by atoms with Crippen molar-refractivity contribution in [3.05, 3.63) is 69.8 Å². The van der Waals surface area contributed by atoms with Crippen molar-refractivity contribution in [1.82, 2.24) is 0 Å². The number of benzene rings is 2. The van der Waals surface area contributed by atoms with E-state index < -0.39 is 17.4 Å². The zero-order chi connectivity index (χ0) is 22.1. The van der Waals surface area contributed by atoms with Crippen molar-refractivity contribution in [1.29, 1.82) is 0 Å². The van der Waals surface area contributed by atoms with E-state index in [1.807, 2.05) is 48.5 Å². The van der Waals surface area contributed by atoms with Crippen molar-refractivity contribution < 1.29 is 19.4 Å². The van der Waals surface area contributed by atoms with E-state index in [-0.39, 0.29) is 18.0 Å². The predicted molar refractivity (Wildman–Crippen MR) is 121 cm³/mol. The van der Waals surface area contributed by atoms with Crippen LogP contribution in [0.25, 0.3) is 0 Å². The van der Waals surface area contributed by atoms with Gasteiger partial charge in [0.2, 0.25) is 0 Å². The minimum absolute atomic E-state index is 0.124. The van der Waals surface area contributed by atoms with Crippen LogP contribution in [0.1, 0.15) is 38.7 Å². The van der Waals surface area contributed by atoms with Crippen LogP contribution in [-0.2, 0) is 9.59 Å². The van der Waals surface area contributed by atoms with E-state index in [9.17, 15) is 14.7 Å². The smallest absolute Gasteiger partial charge is 0.158 e. The largest absolute Gasteiger partial charge is 0.497 e. The fourth-order valence-corrected chi connectivity index (χ4v) is 4.63. The van der Waals surface area contributed by atoms with Gasteiger partial charge in [-0.15, -0.1) is 0 Å². The highest BCUT2D eigenvalue weighted by molar-refractivity contribution is 9.10. The summed E-state index contributed by atoms with van der Waals surface area (Å²) in [4.78, 5) is 25.4. The Hall–Kier alpha value is -2.44. The van der Waals surface area contributed by atoms with Crippen LogP contribution in [0.5, 0.6) is 5.75 Å². The van der Waals surface area contributed by atoms with Crippen LogP contribution in [0.15, 0.2) is 64.3 Å². The van der Waals surface area contributed by atoms with Gasteiger partial charge in [-0.05, 0) is 62.7 Å². The Morgan fingerprint density at radius 3 is 2.20 bits per heavy atom. The number of ketones is 2. The molecular formula is C24H26BrNO4. The second kappa shape index (κ2) is 8.74. The number of aliphatic hydroxyl groups is 1. The molecule has 158 valence electrons. The first-order valence-electron chi connectivity index (χ1n) is 9.77. The van der Waals surface area contributed by atoms with E-state index in [4.69, 9.17) is 4.74 Å². The summed E-state index contributed by atoms with van der Waals surface area (Å²) in [6.45, 7) is 4.65. The molecule has 0 saturated carbocycles. The topological polar surface area (TPSA) is 75.6 Å². The molecule has 0 heterocycles. The summed E-state index contributed by atoms with van der Waals surface area (Å²) in [6, 6.07) is 14.9. The third kappa shape index (κ3) is 4.50. The molecule has 1 aliphatic carbocycles. The van der Waals surface area contributed by atoms with Gasteiger partial charge in [0, 0.05) is 33.8 Å². The summed E-state index contributed by atoms with van der Waals surface area (Å²) in [7, 11) is 1.60. The zero-order valence-corrected chi connectivity index (χ0v) is 19.1. The normalized spacial score (nSPS) is 23.8. The average molecular weight is 472 g/mol. The molecule has 2 aromatic rings. The Balaban J connectivity index is 2.16. The quantitative estimate of drug-likeness (QED) is 0.629. The van der Waals surface area contributed by atoms with Gasteiger partial charge in [0.25, 0.3) is 0 Å². The Morgan fingerprint density at radius 1 is 1.10 bits per heavy atom. The number of carbonyl (C=O) groups is 2. The van der Waals surface area contributed by atoms with Crippen molar-refractivity contribution in [3.8, 4) is 5.75 Å². The van der Waals surface area contributed by atoms with Gasteiger partial charge >= 0.3 is 0 Å². The molecule has 0 aliphatic heterocycles. The first kappa shape index (κ1) is 22.2. The molecule has 0 bridgehead atoms. The van der Waals surface area contributed by atoms with E-state index in [0.717, 1.165) is 21.5 Å². The van der Waals surface area contributed by atoms with E-state index in [1.54, 1.807) is 14.0 Å². The highest BCUT2D eigenvalue weighted by atomic mass is 79.9. The fourth-order valence-electron chi connectivity index (χ4n) is 4.37. The lowest BCUT2D eigenvalue weighted by Gasteiger charge is -2.43. The molecule has 0 amide bonds. The van der Waals surface area contributed by atoms with Gasteiger partial charge in [-0.1, -0.05) is 28.1 Å². The molecule has 5 nitrogen and oxygen atoms in total. The summed E-state index contributed by atoms with van der Waals surface area (Å²) >= 11 is 3.43. The summed E-state index contributed by atoms with van der Waals surface area (Å²) in [6.07, 6.45) is 0.172. The van der Waals surface area contributed by atoms with Gasteiger partial charge in [0.1, 0.15) is 11.5 Å². The molecule has 2 aromatic carbocycles. The number of allylic oxidation sites excluding steroid dienone is 1. The number of hydrogen-bond acceptors (Lipinski definition) is 5. The van der Waals surface area contributed by atoms with Crippen molar-refractivity contribution >= 4 is 33.2 Å². The van der Waals surface area contributed by atoms with Gasteiger partial charge < -0.3 is 15.2 Å². The number of anilines is 1. The minimum Gasteiger partial charge on any atom is -0.497 e. The number of nitrogens with one attached hydrogen (secondary N) is 1. The van der Waals surface area contributed by atoms with Crippen LogP contribution in [0.4, 0.5) is 5.69 Å². The monoisotopic (exact) mass is 471 g/mol. The summed E-state index contributed by atoms with van der Waals surface area (Å²) < 4.78 is 6.10. The second-order valence-corrected chi connectivity index (χ2v) is 8.87. The molecule has 3 unspecified atom stereocenters. The second-order valence-electron chi connectivity index (χ2n) is 7.95. The number of halogens is 1. The Labute approximate surface area is 185 Å². The average Bonchev–Trinajstić information content (AvgIpc) is 2.67. The van der Waals surface area contributed by atoms with Crippen molar-refractivity contribution in [2.24, 2.45) is 5.92 Å². The van der Waals surface area contributed by atoms with Crippen molar-refractivity contribution in [2.75, 3.05) is 12.4 Å². The molecule has 1 aliphatic rings. The molecule has 30 heavy (non-hydrogen) atoms. The molecule has 6 heteroatoms. The first-order valence-corrected chi connectivity index (χ1v) is 10.6. The van der Waals surface area contributed by atoms with Crippen LogP contribution < -0.4 is 10.1 Å². The summed E-state index contributed by atoms with van der Waals surface area (Å²) in [5.74, 6) is -0.811. The lowest BCUT2D eigenvalue weighted by atomic mass is 9.64. The Morgan fingerprint density at radius 2 is 1.70 bits per heavy atom. The van der Waals surface area contributed by atoms with Crippen molar-refractivity contribution in [3.63, 3.8) is 0 Å². The van der Waals surface area contributed by atoms with Crippen LogP contribution in [-0.4, -0.2) is 29.4 Å². The number of methoxy groups -OCH3 is 1. The van der Waals surface area contributed by atoms with E-state index in [0.29, 0.717) is 11.3 Å². The molecule has 0 fully saturated rings. The molecule has 0 aromatic heterocycles. The molecule has 0 spiro atoms. The molecule has 0 saturated heterocycles. The number of rotatable bonds is 6. The van der Waals surface area contributed by atoms with Crippen molar-refractivity contribution in [2.45, 2.75) is 38.7 Å². The van der Waals surface area contributed by atoms with Crippen LogP contribution in [0.2, 0.25) is 0 Å². The maximum atomic E-state index is 12.8. The first-order chi connectivity index (χ1) is 14.1. The number of carbonyl (C=O) groups excluding carboxylic acids is 2. The number of ether oxygens (including phenoxy) is 1. The predicted octanol–water partition coefficient (Wildman–Crippen LogP) is 4.86. The molecular weight excluding hydrogens is 446 g/mol. The van der Waals surface area contributed by atoms with E-state index >= 15 is 0 Å². The minimum atomic E-state index is -1.31. The van der Waals surface area contributed by atoms with E-state index in [2.05, 4.69) is 21.2 Å². The molecule has 0 radical (unpaired) electrons. The van der Waals surface area contributed by atoms with Gasteiger partial charge in [-0.2, -0.15) is 0 Å². The van der Waals surface area contributed by atoms with Gasteiger partial charge in [0.15, 0.2) is 5.78 Å². The maximum Gasteiger partial charge on any atom is 0.158 e. The maximum absolute atomic E-state index is 12.8. The third-order valence-electron chi connectivity index (χ3n) is 5.61. The zero-order valence-electron chi connectivity index (χ0n) is 17.5. The lowest BCUT2D eigenvalue weighted by Crippen LogP contribution is -2.48. The Kier molecular flexibility index (Phi) is 6.48. The number of Topliss-reactive ketones (excluding diaryl/α,β-unsaturated/α-hetero) is 2. The SMILES string of the molecule is COc1ccc(NC2=C(C(C)=O)C(c3ccc(Br)cc3)C(C(C)=O)C(C)(O)C2)cc1. The molecule has 2 N–H and O–H groups in total. The van der Waals surface area contributed by atoms with Gasteiger partial charge in [0.05, 0.1) is 18.6 Å². The Bertz CT molecular complexity index is 977. The lowest BCUT2D eigenvalue weighted by molar-refractivity contribution is -0.131.